The van der Waals surface area contributed by atoms with E-state index < -0.39 is 0 Å². The monoisotopic (exact) mass is 356 g/mol. The van der Waals surface area contributed by atoms with Gasteiger partial charge in [0.1, 0.15) is 11.5 Å². The van der Waals surface area contributed by atoms with E-state index in [1.807, 2.05) is 53.5 Å². The van der Waals surface area contributed by atoms with Crippen LogP contribution in [0.25, 0.3) is 0 Å². The summed E-state index contributed by atoms with van der Waals surface area (Å²) in [4.78, 5) is 0. The van der Waals surface area contributed by atoms with Gasteiger partial charge in [-0.2, -0.15) is 5.10 Å². The van der Waals surface area contributed by atoms with Gasteiger partial charge < -0.3 is 9.84 Å². The van der Waals surface area contributed by atoms with Gasteiger partial charge in [0.15, 0.2) is 0 Å². The minimum atomic E-state index is -0.283. The lowest BCUT2D eigenvalue weighted by atomic mass is 9.95. The molecule has 2 aliphatic heterocycles. The van der Waals surface area contributed by atoms with Crippen molar-refractivity contribution in [2.24, 2.45) is 5.10 Å². The molecule has 0 spiro atoms. The normalized spacial score (nSPS) is 20.5. The van der Waals surface area contributed by atoms with Crippen LogP contribution in [0.15, 0.2) is 77.9 Å². The van der Waals surface area contributed by atoms with E-state index in [4.69, 9.17) is 9.84 Å². The topological polar surface area (TPSA) is 45.1 Å². The molecule has 4 nitrogen and oxygen atoms in total. The zero-order valence-electron chi connectivity index (χ0n) is 15.0. The SMILES string of the molecule is Cc1ccccc1[C@H]1Oc2ccccc2[C@H]2CC(c3ccccc3O)=NN21. The molecule has 3 aromatic carbocycles. The van der Waals surface area contributed by atoms with Gasteiger partial charge in [0, 0.05) is 23.1 Å². The summed E-state index contributed by atoms with van der Waals surface area (Å²) in [5, 5.41) is 17.2. The second-order valence-electron chi connectivity index (χ2n) is 7.03. The molecular formula is C23H20N2O2. The Bertz CT molecular complexity index is 1040. The molecular weight excluding hydrogens is 336 g/mol. The van der Waals surface area contributed by atoms with Gasteiger partial charge in [-0.05, 0) is 30.7 Å². The first-order valence-corrected chi connectivity index (χ1v) is 9.17. The maximum absolute atomic E-state index is 10.3. The Balaban J connectivity index is 1.64. The molecule has 0 aromatic heterocycles. The Morgan fingerprint density at radius 3 is 2.44 bits per heavy atom. The van der Waals surface area contributed by atoms with E-state index in [1.165, 1.54) is 5.56 Å². The third-order valence-electron chi connectivity index (χ3n) is 5.37. The van der Waals surface area contributed by atoms with Crippen LogP contribution in [0.1, 0.15) is 40.9 Å². The molecule has 5 rings (SSSR count). The maximum Gasteiger partial charge on any atom is 0.214 e. The standard InChI is InChI=1S/C23H20N2O2/c1-15-8-2-3-9-16(15)23-25-20(18-11-5-7-13-22(18)27-23)14-19(24-25)17-10-4-6-12-21(17)26/h2-13,20,23,26H,14H2,1H3/t20-,23-/m1/s1. The third kappa shape index (κ3) is 2.56. The molecule has 2 atom stereocenters. The van der Waals surface area contributed by atoms with E-state index in [9.17, 15) is 5.11 Å². The van der Waals surface area contributed by atoms with Crippen molar-refractivity contribution in [1.82, 2.24) is 5.01 Å². The fraction of sp³-hybridized carbons (Fsp3) is 0.174. The average Bonchev–Trinajstić information content (AvgIpc) is 3.14. The molecule has 2 aliphatic rings. The fourth-order valence-corrected chi connectivity index (χ4v) is 3.98. The van der Waals surface area contributed by atoms with Crippen LogP contribution in [0, 0.1) is 6.92 Å². The van der Waals surface area contributed by atoms with Gasteiger partial charge in [-0.1, -0.05) is 54.6 Å². The van der Waals surface area contributed by atoms with Crippen molar-refractivity contribution in [3.8, 4) is 11.5 Å². The number of rotatable bonds is 2. The molecule has 0 fully saturated rings. The van der Waals surface area contributed by atoms with Gasteiger partial charge in [0.2, 0.25) is 6.23 Å². The minimum Gasteiger partial charge on any atom is -0.507 e. The summed E-state index contributed by atoms with van der Waals surface area (Å²) >= 11 is 0. The second-order valence-corrected chi connectivity index (χ2v) is 7.03. The molecule has 0 amide bonds. The molecule has 2 heterocycles. The Morgan fingerprint density at radius 2 is 1.63 bits per heavy atom. The van der Waals surface area contributed by atoms with Crippen LogP contribution in [0.5, 0.6) is 11.5 Å². The van der Waals surface area contributed by atoms with Gasteiger partial charge in [0.05, 0.1) is 11.8 Å². The van der Waals surface area contributed by atoms with E-state index >= 15 is 0 Å². The summed E-state index contributed by atoms with van der Waals surface area (Å²) < 4.78 is 6.38. The van der Waals surface area contributed by atoms with E-state index in [0.29, 0.717) is 0 Å². The van der Waals surface area contributed by atoms with E-state index in [-0.39, 0.29) is 18.0 Å². The summed E-state index contributed by atoms with van der Waals surface area (Å²) in [6.45, 7) is 2.10. The molecule has 0 radical (unpaired) electrons. The van der Waals surface area contributed by atoms with Crippen molar-refractivity contribution < 1.29 is 9.84 Å². The molecule has 3 aromatic rings. The number of phenolic OH excluding ortho intramolecular Hbond substituents is 1. The Morgan fingerprint density at radius 1 is 0.926 bits per heavy atom. The Kier molecular flexibility index (Phi) is 3.64. The zero-order valence-corrected chi connectivity index (χ0v) is 15.0. The lowest BCUT2D eigenvalue weighted by Crippen LogP contribution is -2.34. The summed E-state index contributed by atoms with van der Waals surface area (Å²) in [6, 6.07) is 23.9. The van der Waals surface area contributed by atoms with Crippen molar-refractivity contribution in [1.29, 1.82) is 0 Å². The van der Waals surface area contributed by atoms with Gasteiger partial charge >= 0.3 is 0 Å². The molecule has 134 valence electrons. The molecule has 1 N–H and O–H groups in total. The van der Waals surface area contributed by atoms with Crippen LogP contribution >= 0.6 is 0 Å². The largest absolute Gasteiger partial charge is 0.507 e. The van der Waals surface area contributed by atoms with Crippen molar-refractivity contribution in [2.75, 3.05) is 0 Å². The molecule has 0 saturated carbocycles. The number of ether oxygens (including phenoxy) is 1. The number of aromatic hydroxyl groups is 1. The van der Waals surface area contributed by atoms with Crippen LogP contribution in [0.4, 0.5) is 0 Å². The van der Waals surface area contributed by atoms with Crippen molar-refractivity contribution in [2.45, 2.75) is 25.6 Å². The fourth-order valence-electron chi connectivity index (χ4n) is 3.98. The number of hydrogen-bond donors (Lipinski definition) is 1. The van der Waals surface area contributed by atoms with E-state index in [1.54, 1.807) is 6.07 Å². The summed E-state index contributed by atoms with van der Waals surface area (Å²) in [7, 11) is 0. The maximum atomic E-state index is 10.3. The van der Waals surface area contributed by atoms with E-state index in [2.05, 4.69) is 25.1 Å². The predicted octanol–water partition coefficient (Wildman–Crippen LogP) is 4.94. The Labute approximate surface area is 158 Å². The highest BCUT2D eigenvalue weighted by Crippen LogP contribution is 2.48. The lowest BCUT2D eigenvalue weighted by Gasteiger charge is -2.38. The number of hydrogen-bond acceptors (Lipinski definition) is 4. The van der Waals surface area contributed by atoms with Gasteiger partial charge in [-0.3, -0.25) is 0 Å². The first-order valence-electron chi connectivity index (χ1n) is 9.17. The smallest absolute Gasteiger partial charge is 0.214 e. The van der Waals surface area contributed by atoms with Crippen LogP contribution in [-0.2, 0) is 0 Å². The number of para-hydroxylation sites is 2. The van der Waals surface area contributed by atoms with Gasteiger partial charge in [-0.15, -0.1) is 0 Å². The highest BCUT2D eigenvalue weighted by atomic mass is 16.5. The van der Waals surface area contributed by atoms with Crippen LogP contribution < -0.4 is 4.74 Å². The summed E-state index contributed by atoms with van der Waals surface area (Å²) in [5.74, 6) is 1.17. The highest BCUT2D eigenvalue weighted by Gasteiger charge is 2.41. The summed E-state index contributed by atoms with van der Waals surface area (Å²) in [5.41, 5.74) is 5.09. The quantitative estimate of drug-likeness (QED) is 0.707. The number of hydrazone groups is 1. The third-order valence-corrected chi connectivity index (χ3v) is 5.37. The van der Waals surface area contributed by atoms with E-state index in [0.717, 1.165) is 34.6 Å². The lowest BCUT2D eigenvalue weighted by molar-refractivity contribution is -0.0194. The van der Waals surface area contributed by atoms with Crippen molar-refractivity contribution in [3.05, 3.63) is 95.1 Å². The number of nitrogens with zero attached hydrogens (tertiary/aromatic N) is 2. The van der Waals surface area contributed by atoms with Gasteiger partial charge in [0.25, 0.3) is 0 Å². The number of phenols is 1. The molecule has 0 unspecified atom stereocenters. The predicted molar refractivity (Wildman–Crippen MR) is 105 cm³/mol. The molecule has 0 bridgehead atoms. The first kappa shape index (κ1) is 15.9. The zero-order chi connectivity index (χ0) is 18.4. The molecule has 0 saturated heterocycles. The molecule has 0 aliphatic carbocycles. The van der Waals surface area contributed by atoms with Gasteiger partial charge in [-0.25, -0.2) is 5.01 Å². The highest BCUT2D eigenvalue weighted by molar-refractivity contribution is 6.04. The van der Waals surface area contributed by atoms with Crippen LogP contribution in [0.3, 0.4) is 0 Å². The number of benzene rings is 3. The first-order chi connectivity index (χ1) is 13.2. The van der Waals surface area contributed by atoms with Crippen LogP contribution in [-0.4, -0.2) is 15.8 Å². The summed E-state index contributed by atoms with van der Waals surface area (Å²) in [6.07, 6.45) is 0.454. The number of aryl methyl sites for hydroxylation is 1. The van der Waals surface area contributed by atoms with Crippen molar-refractivity contribution in [3.63, 3.8) is 0 Å². The second kappa shape index (κ2) is 6.16. The van der Waals surface area contributed by atoms with Crippen molar-refractivity contribution >= 4 is 5.71 Å². The molecule has 27 heavy (non-hydrogen) atoms. The van der Waals surface area contributed by atoms with Crippen LogP contribution in [0.2, 0.25) is 0 Å². The Hall–Kier alpha value is -3.27. The average molecular weight is 356 g/mol. The number of fused-ring (bicyclic) bond motifs is 3. The minimum absolute atomic E-state index is 0.0918. The molecule has 4 heteroatoms.